The maximum atomic E-state index is 10.9. The minimum atomic E-state index is -0.00954. The van der Waals surface area contributed by atoms with Gasteiger partial charge >= 0.3 is 0 Å². The molecule has 0 radical (unpaired) electrons. The van der Waals surface area contributed by atoms with E-state index in [1.165, 1.54) is 23.5 Å². The summed E-state index contributed by atoms with van der Waals surface area (Å²) in [5, 5.41) is 0. The lowest BCUT2D eigenvalue weighted by molar-refractivity contribution is 0.147. The van der Waals surface area contributed by atoms with Crippen LogP contribution in [0, 0.1) is 0 Å². The van der Waals surface area contributed by atoms with Crippen molar-refractivity contribution >= 4 is 0 Å². The van der Waals surface area contributed by atoms with Crippen LogP contribution in [0.5, 0.6) is 0 Å². The Labute approximate surface area is 58.2 Å². The van der Waals surface area contributed by atoms with Crippen molar-refractivity contribution in [2.75, 3.05) is 0 Å². The molecular weight excluding hydrogens is 130 g/mol. The molecule has 2 rings (SSSR count). The van der Waals surface area contributed by atoms with Gasteiger partial charge in [-0.3, -0.25) is 4.79 Å². The first-order valence-electron chi connectivity index (χ1n) is 3.54. The largest absolute Gasteiger partial charge is 0.384 e. The van der Waals surface area contributed by atoms with Crippen molar-refractivity contribution in [3.63, 3.8) is 0 Å². The van der Waals surface area contributed by atoms with Crippen LogP contribution in [-0.4, -0.2) is 4.74 Å². The fourth-order valence-electron chi connectivity index (χ4n) is 1.17. The molecule has 0 aliphatic heterocycles. The first-order valence-corrected chi connectivity index (χ1v) is 3.54. The molecule has 0 N–H and O–H groups in total. The Hall–Kier alpha value is -0.990. The molecule has 1 fully saturated rings. The Kier molecular flexibility index (Phi) is 1.16. The number of nitrogens with zero attached hydrogens (tertiary/aromatic N) is 1. The molecule has 0 bridgehead atoms. The third-order valence-corrected chi connectivity index (χ3v) is 2.01. The molecule has 0 aromatic carbocycles. The highest BCUT2D eigenvalue weighted by molar-refractivity contribution is 4.82. The lowest BCUT2D eigenvalue weighted by atomic mass is 9.94. The van der Waals surface area contributed by atoms with Gasteiger partial charge in [-0.05, 0) is 19.3 Å². The van der Waals surface area contributed by atoms with Crippen LogP contribution in [-0.2, 0) is 0 Å². The Bertz CT molecular complexity index is 269. The van der Waals surface area contributed by atoms with Gasteiger partial charge in [0.2, 0.25) is 0 Å². The minimum Gasteiger partial charge on any atom is -0.384 e. The van der Waals surface area contributed by atoms with E-state index in [1.54, 1.807) is 0 Å². The molecule has 10 heavy (non-hydrogen) atoms. The van der Waals surface area contributed by atoms with Gasteiger partial charge < -0.3 is 4.52 Å². The third-order valence-electron chi connectivity index (χ3n) is 2.01. The number of rotatable bonds is 1. The van der Waals surface area contributed by atoms with Crippen molar-refractivity contribution in [1.29, 1.82) is 0 Å². The van der Waals surface area contributed by atoms with Crippen LogP contribution < -0.4 is 5.56 Å². The van der Waals surface area contributed by atoms with Crippen LogP contribution in [0.3, 0.4) is 0 Å². The van der Waals surface area contributed by atoms with Crippen molar-refractivity contribution in [3.8, 4) is 0 Å². The molecule has 3 heteroatoms. The number of aromatic nitrogens is 1. The van der Waals surface area contributed by atoms with Gasteiger partial charge in [0.15, 0.2) is 0 Å². The summed E-state index contributed by atoms with van der Waals surface area (Å²) < 4.78 is 6.43. The lowest BCUT2D eigenvalue weighted by Gasteiger charge is -2.23. The van der Waals surface area contributed by atoms with Crippen molar-refractivity contribution in [2.24, 2.45) is 0 Å². The van der Waals surface area contributed by atoms with Gasteiger partial charge in [0.05, 0.1) is 6.04 Å². The predicted octanol–water partition coefficient (Wildman–Crippen LogP) is 1.17. The molecule has 1 aromatic rings. The maximum Gasteiger partial charge on any atom is 0.282 e. The molecule has 0 spiro atoms. The summed E-state index contributed by atoms with van der Waals surface area (Å²) >= 11 is 0. The molecule has 0 atom stereocenters. The normalized spacial score (nSPS) is 18.8. The van der Waals surface area contributed by atoms with E-state index in [0.29, 0.717) is 6.04 Å². The SMILES string of the molecule is O=c1ccon1C1CCC1. The average Bonchev–Trinajstić information content (AvgIpc) is 2.12. The number of hydrogen-bond acceptors (Lipinski definition) is 2. The topological polar surface area (TPSA) is 35.1 Å². The summed E-state index contributed by atoms with van der Waals surface area (Å²) in [6.07, 6.45) is 4.85. The molecule has 3 nitrogen and oxygen atoms in total. The first kappa shape index (κ1) is 5.77. The van der Waals surface area contributed by atoms with Crippen LogP contribution >= 0.6 is 0 Å². The summed E-state index contributed by atoms with van der Waals surface area (Å²) in [6, 6.07) is 1.81. The summed E-state index contributed by atoms with van der Waals surface area (Å²) in [5.74, 6) is 0. The van der Waals surface area contributed by atoms with Gasteiger partial charge in [0.1, 0.15) is 6.26 Å². The quantitative estimate of drug-likeness (QED) is 0.585. The van der Waals surface area contributed by atoms with Crippen molar-refractivity contribution in [3.05, 3.63) is 22.7 Å². The van der Waals surface area contributed by atoms with Crippen LogP contribution in [0.4, 0.5) is 0 Å². The van der Waals surface area contributed by atoms with Gasteiger partial charge in [-0.25, -0.2) is 0 Å². The molecular formula is C7H9NO2. The van der Waals surface area contributed by atoms with E-state index in [2.05, 4.69) is 0 Å². The zero-order valence-electron chi connectivity index (χ0n) is 5.62. The first-order chi connectivity index (χ1) is 4.88. The summed E-state index contributed by atoms with van der Waals surface area (Å²) in [5.41, 5.74) is -0.00954. The Morgan fingerprint density at radius 2 is 2.40 bits per heavy atom. The van der Waals surface area contributed by atoms with E-state index in [9.17, 15) is 4.79 Å². The van der Waals surface area contributed by atoms with Gasteiger partial charge in [-0.15, -0.1) is 0 Å². The molecule has 1 aliphatic rings. The highest BCUT2D eigenvalue weighted by Gasteiger charge is 2.21. The molecule has 1 saturated carbocycles. The van der Waals surface area contributed by atoms with E-state index >= 15 is 0 Å². The third kappa shape index (κ3) is 0.701. The van der Waals surface area contributed by atoms with E-state index in [1.807, 2.05) is 0 Å². The smallest absolute Gasteiger partial charge is 0.282 e. The molecule has 0 amide bonds. The summed E-state index contributed by atoms with van der Waals surface area (Å²) in [4.78, 5) is 10.9. The monoisotopic (exact) mass is 139 g/mol. The standard InChI is InChI=1S/C7H9NO2/c9-7-4-5-10-8(7)6-2-1-3-6/h4-6H,1-3H2. The van der Waals surface area contributed by atoms with Gasteiger partial charge in [-0.1, -0.05) is 0 Å². The molecule has 54 valence electrons. The second-order valence-electron chi connectivity index (χ2n) is 2.66. The Balaban J connectivity index is 2.32. The second kappa shape index (κ2) is 2.01. The summed E-state index contributed by atoms with van der Waals surface area (Å²) in [7, 11) is 0. The van der Waals surface area contributed by atoms with Crippen LogP contribution in [0.25, 0.3) is 0 Å². The molecule has 1 aromatic heterocycles. The minimum absolute atomic E-state index is 0.00954. The number of hydrogen-bond donors (Lipinski definition) is 0. The van der Waals surface area contributed by atoms with Gasteiger partial charge in [0, 0.05) is 6.07 Å². The second-order valence-corrected chi connectivity index (χ2v) is 2.66. The van der Waals surface area contributed by atoms with Crippen LogP contribution in [0.15, 0.2) is 21.6 Å². The highest BCUT2D eigenvalue weighted by atomic mass is 16.5. The highest BCUT2D eigenvalue weighted by Crippen LogP contribution is 2.29. The van der Waals surface area contributed by atoms with E-state index < -0.39 is 0 Å². The zero-order chi connectivity index (χ0) is 6.97. The Morgan fingerprint density at radius 1 is 1.60 bits per heavy atom. The Morgan fingerprint density at radius 3 is 2.80 bits per heavy atom. The van der Waals surface area contributed by atoms with Crippen molar-refractivity contribution < 1.29 is 4.52 Å². The average molecular weight is 139 g/mol. The van der Waals surface area contributed by atoms with Gasteiger partial charge in [-0.2, -0.15) is 4.74 Å². The van der Waals surface area contributed by atoms with Gasteiger partial charge in [0.25, 0.3) is 5.56 Å². The fourth-order valence-corrected chi connectivity index (χ4v) is 1.17. The summed E-state index contributed by atoms with van der Waals surface area (Å²) in [6.45, 7) is 0. The van der Waals surface area contributed by atoms with Crippen LogP contribution in [0.2, 0.25) is 0 Å². The van der Waals surface area contributed by atoms with E-state index in [0.717, 1.165) is 12.8 Å². The fraction of sp³-hybridized carbons (Fsp3) is 0.571. The molecule has 0 saturated heterocycles. The predicted molar refractivity (Wildman–Crippen MR) is 35.9 cm³/mol. The van der Waals surface area contributed by atoms with Crippen molar-refractivity contribution in [2.45, 2.75) is 25.3 Å². The van der Waals surface area contributed by atoms with E-state index in [4.69, 9.17) is 4.52 Å². The van der Waals surface area contributed by atoms with Crippen molar-refractivity contribution in [1.82, 2.24) is 4.74 Å². The molecule has 0 unspecified atom stereocenters. The van der Waals surface area contributed by atoms with E-state index in [-0.39, 0.29) is 5.56 Å². The lowest BCUT2D eigenvalue weighted by Crippen LogP contribution is -2.24. The zero-order valence-corrected chi connectivity index (χ0v) is 5.62. The molecule has 1 aliphatic carbocycles. The van der Waals surface area contributed by atoms with Crippen LogP contribution in [0.1, 0.15) is 25.3 Å². The maximum absolute atomic E-state index is 10.9. The molecule has 1 heterocycles.